The number of hydrogen-bond donors (Lipinski definition) is 0. The van der Waals surface area contributed by atoms with Gasteiger partial charge in [0.05, 0.1) is 23.0 Å². The zero-order valence-electron chi connectivity index (χ0n) is 15.2. The summed E-state index contributed by atoms with van der Waals surface area (Å²) >= 11 is 0. The summed E-state index contributed by atoms with van der Waals surface area (Å²) < 4.78 is 1.94. The first-order valence-corrected chi connectivity index (χ1v) is 8.93. The first-order valence-electron chi connectivity index (χ1n) is 8.93. The average Bonchev–Trinajstić information content (AvgIpc) is 2.97. The van der Waals surface area contributed by atoms with Crippen molar-refractivity contribution in [2.45, 2.75) is 20.4 Å². The monoisotopic (exact) mass is 346 g/mol. The van der Waals surface area contributed by atoms with Gasteiger partial charge in [-0.2, -0.15) is 5.26 Å². The van der Waals surface area contributed by atoms with Crippen LogP contribution < -0.4 is 4.90 Å². The molecule has 0 amide bonds. The molecule has 1 aliphatic heterocycles. The smallest absolute Gasteiger partial charge is 0.154 e. The second-order valence-corrected chi connectivity index (χ2v) is 6.82. The van der Waals surface area contributed by atoms with Gasteiger partial charge in [-0.1, -0.05) is 12.1 Å². The lowest BCUT2D eigenvalue weighted by Gasteiger charge is -2.35. The highest BCUT2D eigenvalue weighted by Gasteiger charge is 2.19. The van der Waals surface area contributed by atoms with E-state index in [2.05, 4.69) is 33.8 Å². The Hall–Kier alpha value is -2.91. The largest absolute Gasteiger partial charge is 0.353 e. The molecular formula is C20H22N6. The van der Waals surface area contributed by atoms with Crippen LogP contribution >= 0.6 is 0 Å². The number of aromatic nitrogens is 3. The minimum atomic E-state index is 0.713. The van der Waals surface area contributed by atoms with Crippen molar-refractivity contribution in [3.8, 4) is 6.07 Å². The number of anilines is 1. The maximum Gasteiger partial charge on any atom is 0.154 e. The molecule has 0 atom stereocenters. The molecule has 26 heavy (non-hydrogen) atoms. The zero-order valence-corrected chi connectivity index (χ0v) is 15.2. The molecular weight excluding hydrogens is 324 g/mol. The summed E-state index contributed by atoms with van der Waals surface area (Å²) in [6, 6.07) is 14.2. The van der Waals surface area contributed by atoms with E-state index in [1.165, 1.54) is 5.56 Å². The highest BCUT2D eigenvalue weighted by atomic mass is 15.4. The van der Waals surface area contributed by atoms with Crippen LogP contribution in [-0.4, -0.2) is 45.7 Å². The number of fused-ring (bicyclic) bond motifs is 1. The SMILES string of the molecule is Cc1nc2ccc(N3CCN(Cc4ccc(C#N)cc4)CC3)nn2c1C. The minimum Gasteiger partial charge on any atom is -0.353 e. The van der Waals surface area contributed by atoms with E-state index in [9.17, 15) is 0 Å². The Kier molecular flexibility index (Phi) is 4.31. The van der Waals surface area contributed by atoms with Crippen LogP contribution in [0.3, 0.4) is 0 Å². The second kappa shape index (κ2) is 6.77. The third kappa shape index (κ3) is 3.14. The Bertz CT molecular complexity index is 958. The molecule has 0 radical (unpaired) electrons. The van der Waals surface area contributed by atoms with Crippen LogP contribution in [0.15, 0.2) is 36.4 Å². The fraction of sp³-hybridized carbons (Fsp3) is 0.350. The topological polar surface area (TPSA) is 60.5 Å². The molecule has 0 unspecified atom stereocenters. The van der Waals surface area contributed by atoms with E-state index >= 15 is 0 Å². The molecule has 1 fully saturated rings. The van der Waals surface area contributed by atoms with Crippen molar-refractivity contribution in [1.82, 2.24) is 19.5 Å². The number of nitrogens with zero attached hydrogens (tertiary/aromatic N) is 6. The molecule has 0 N–H and O–H groups in total. The van der Waals surface area contributed by atoms with Crippen molar-refractivity contribution >= 4 is 11.5 Å². The van der Waals surface area contributed by atoms with Gasteiger partial charge in [-0.25, -0.2) is 9.50 Å². The van der Waals surface area contributed by atoms with E-state index < -0.39 is 0 Å². The summed E-state index contributed by atoms with van der Waals surface area (Å²) in [5.41, 5.74) is 5.00. The Morgan fingerprint density at radius 3 is 2.42 bits per heavy atom. The van der Waals surface area contributed by atoms with E-state index in [0.29, 0.717) is 5.56 Å². The van der Waals surface area contributed by atoms with Crippen molar-refractivity contribution in [3.05, 3.63) is 58.9 Å². The standard InChI is InChI=1S/C20H22N6/c1-15-16(2)26-19(22-15)7-8-20(23-26)25-11-9-24(10-12-25)14-18-5-3-17(13-21)4-6-18/h3-8H,9-12,14H2,1-2H3. The summed E-state index contributed by atoms with van der Waals surface area (Å²) in [5, 5.41) is 13.7. The predicted molar refractivity (Wildman–Crippen MR) is 101 cm³/mol. The molecule has 1 saturated heterocycles. The third-order valence-corrected chi connectivity index (χ3v) is 5.11. The van der Waals surface area contributed by atoms with Crippen molar-refractivity contribution in [1.29, 1.82) is 5.26 Å². The van der Waals surface area contributed by atoms with Crippen LogP contribution in [0.25, 0.3) is 5.65 Å². The van der Waals surface area contributed by atoms with Crippen LogP contribution in [-0.2, 0) is 6.54 Å². The van der Waals surface area contributed by atoms with Gasteiger partial charge in [0.25, 0.3) is 0 Å². The van der Waals surface area contributed by atoms with Gasteiger partial charge in [-0.15, -0.1) is 5.10 Å². The average molecular weight is 346 g/mol. The number of imidazole rings is 1. The molecule has 2 aromatic heterocycles. The van der Waals surface area contributed by atoms with Gasteiger partial charge in [0.1, 0.15) is 5.82 Å². The van der Waals surface area contributed by atoms with Crippen molar-refractivity contribution < 1.29 is 0 Å². The molecule has 1 aliphatic rings. The highest BCUT2D eigenvalue weighted by molar-refractivity contribution is 5.48. The van der Waals surface area contributed by atoms with Crippen LogP contribution in [0.1, 0.15) is 22.5 Å². The Morgan fingerprint density at radius 1 is 1.00 bits per heavy atom. The van der Waals surface area contributed by atoms with Crippen molar-refractivity contribution in [3.63, 3.8) is 0 Å². The van der Waals surface area contributed by atoms with E-state index in [1.807, 2.05) is 41.8 Å². The molecule has 6 nitrogen and oxygen atoms in total. The molecule has 6 heteroatoms. The predicted octanol–water partition coefficient (Wildman–Crippen LogP) is 2.54. The van der Waals surface area contributed by atoms with E-state index in [-0.39, 0.29) is 0 Å². The minimum absolute atomic E-state index is 0.713. The van der Waals surface area contributed by atoms with Gasteiger partial charge in [-0.3, -0.25) is 4.90 Å². The summed E-state index contributed by atoms with van der Waals surface area (Å²) in [5.74, 6) is 1.01. The summed E-state index contributed by atoms with van der Waals surface area (Å²) in [6.07, 6.45) is 0. The van der Waals surface area contributed by atoms with Gasteiger partial charge in [0.2, 0.25) is 0 Å². The fourth-order valence-corrected chi connectivity index (χ4v) is 3.39. The second-order valence-electron chi connectivity index (χ2n) is 6.82. The van der Waals surface area contributed by atoms with Gasteiger partial charge in [0.15, 0.2) is 5.65 Å². The van der Waals surface area contributed by atoms with Crippen molar-refractivity contribution in [2.75, 3.05) is 31.1 Å². The summed E-state index contributed by atoms with van der Waals surface area (Å²) in [4.78, 5) is 9.31. The lowest BCUT2D eigenvalue weighted by Crippen LogP contribution is -2.46. The quantitative estimate of drug-likeness (QED) is 0.729. The molecule has 0 bridgehead atoms. The molecule has 0 spiro atoms. The molecule has 4 rings (SSSR count). The molecule has 3 aromatic rings. The van der Waals surface area contributed by atoms with Crippen LogP contribution in [0.5, 0.6) is 0 Å². The van der Waals surface area contributed by atoms with Gasteiger partial charge < -0.3 is 4.90 Å². The molecule has 132 valence electrons. The zero-order chi connectivity index (χ0) is 18.1. The first kappa shape index (κ1) is 16.6. The lowest BCUT2D eigenvalue weighted by molar-refractivity contribution is 0.249. The fourth-order valence-electron chi connectivity index (χ4n) is 3.39. The Morgan fingerprint density at radius 2 is 1.73 bits per heavy atom. The number of hydrogen-bond acceptors (Lipinski definition) is 5. The Labute approximate surface area is 153 Å². The number of rotatable bonds is 3. The molecule has 1 aromatic carbocycles. The van der Waals surface area contributed by atoms with Crippen LogP contribution in [0.2, 0.25) is 0 Å². The van der Waals surface area contributed by atoms with E-state index in [4.69, 9.17) is 10.4 Å². The van der Waals surface area contributed by atoms with Crippen LogP contribution in [0.4, 0.5) is 5.82 Å². The Balaban J connectivity index is 1.41. The molecule has 0 saturated carbocycles. The maximum absolute atomic E-state index is 8.89. The third-order valence-electron chi connectivity index (χ3n) is 5.11. The van der Waals surface area contributed by atoms with Crippen molar-refractivity contribution in [2.24, 2.45) is 0 Å². The molecule has 3 heterocycles. The first-order chi connectivity index (χ1) is 12.6. The van der Waals surface area contributed by atoms with E-state index in [1.54, 1.807) is 0 Å². The highest BCUT2D eigenvalue weighted by Crippen LogP contribution is 2.18. The summed E-state index contributed by atoms with van der Waals surface area (Å²) in [7, 11) is 0. The normalized spacial score (nSPS) is 15.3. The van der Waals surface area contributed by atoms with Gasteiger partial charge in [-0.05, 0) is 43.7 Å². The number of benzene rings is 1. The van der Waals surface area contributed by atoms with Gasteiger partial charge in [0, 0.05) is 32.7 Å². The number of aryl methyl sites for hydroxylation is 2. The number of piperazine rings is 1. The molecule has 0 aliphatic carbocycles. The van der Waals surface area contributed by atoms with E-state index in [0.717, 1.165) is 55.6 Å². The lowest BCUT2D eigenvalue weighted by atomic mass is 10.1. The summed E-state index contributed by atoms with van der Waals surface area (Å²) in [6.45, 7) is 8.92. The van der Waals surface area contributed by atoms with Crippen LogP contribution in [0, 0.1) is 25.2 Å². The maximum atomic E-state index is 8.89. The van der Waals surface area contributed by atoms with Gasteiger partial charge >= 0.3 is 0 Å². The number of nitriles is 1.